The van der Waals surface area contributed by atoms with E-state index < -0.39 is 22.9 Å². The number of ether oxygens (including phenoxy) is 2. The van der Waals surface area contributed by atoms with Gasteiger partial charge in [-0.3, -0.25) is 10.1 Å². The molecular formula is C7H4F3IN2O4. The molecule has 17 heavy (non-hydrogen) atoms. The molecule has 1 heterocycles. The minimum Gasteiger partial charge on any atom is -0.490 e. The molecule has 0 bridgehead atoms. The zero-order valence-corrected chi connectivity index (χ0v) is 10.3. The lowest BCUT2D eigenvalue weighted by Gasteiger charge is -2.10. The van der Waals surface area contributed by atoms with Crippen LogP contribution in [0.2, 0.25) is 0 Å². The van der Waals surface area contributed by atoms with Crippen LogP contribution in [0, 0.1) is 13.8 Å². The van der Waals surface area contributed by atoms with Crippen LogP contribution in [-0.4, -0.2) is 23.4 Å². The molecule has 0 aliphatic rings. The molecule has 0 fully saturated rings. The van der Waals surface area contributed by atoms with Crippen molar-refractivity contribution in [3.63, 3.8) is 0 Å². The smallest absolute Gasteiger partial charge is 0.490 e. The molecule has 1 aromatic heterocycles. The quantitative estimate of drug-likeness (QED) is 0.357. The monoisotopic (exact) mass is 364 g/mol. The molecule has 10 heteroatoms. The molecular weight excluding hydrogens is 360 g/mol. The van der Waals surface area contributed by atoms with Crippen LogP contribution in [0.15, 0.2) is 6.07 Å². The van der Waals surface area contributed by atoms with Crippen LogP contribution in [0.5, 0.6) is 11.6 Å². The van der Waals surface area contributed by atoms with Crippen molar-refractivity contribution in [3.8, 4) is 11.6 Å². The average Bonchev–Trinajstić information content (AvgIpc) is 2.12. The third-order valence-corrected chi connectivity index (χ3v) is 2.06. The fraction of sp³-hybridized carbons (Fsp3) is 0.286. The highest BCUT2D eigenvalue weighted by molar-refractivity contribution is 14.1. The topological polar surface area (TPSA) is 74.5 Å². The molecule has 1 rings (SSSR count). The van der Waals surface area contributed by atoms with Crippen LogP contribution < -0.4 is 9.47 Å². The molecule has 94 valence electrons. The SMILES string of the molecule is COc1cc(I)nc(OC(F)(F)F)c1[N+](=O)[O-]. The van der Waals surface area contributed by atoms with Gasteiger partial charge in [0.05, 0.1) is 12.0 Å². The number of pyridine rings is 1. The predicted molar refractivity (Wildman–Crippen MR) is 56.8 cm³/mol. The van der Waals surface area contributed by atoms with E-state index in [0.29, 0.717) is 0 Å². The molecule has 0 aromatic carbocycles. The number of alkyl halides is 3. The fourth-order valence-electron chi connectivity index (χ4n) is 0.969. The highest BCUT2D eigenvalue weighted by atomic mass is 127. The number of hydrogen-bond acceptors (Lipinski definition) is 5. The standard InChI is InChI=1S/C7H4F3IN2O4/c1-16-3-2-4(11)12-6(5(3)13(14)15)17-7(8,9)10/h2H,1H3. The van der Waals surface area contributed by atoms with Gasteiger partial charge in [-0.05, 0) is 22.6 Å². The summed E-state index contributed by atoms with van der Waals surface area (Å²) in [7, 11) is 1.09. The second-order valence-electron chi connectivity index (χ2n) is 2.61. The zero-order chi connectivity index (χ0) is 13.2. The van der Waals surface area contributed by atoms with Crippen molar-refractivity contribution in [2.45, 2.75) is 6.36 Å². The zero-order valence-electron chi connectivity index (χ0n) is 8.12. The second kappa shape index (κ2) is 4.89. The lowest BCUT2D eigenvalue weighted by molar-refractivity contribution is -0.390. The van der Waals surface area contributed by atoms with Gasteiger partial charge in [0.15, 0.2) is 0 Å². The van der Waals surface area contributed by atoms with Crippen molar-refractivity contribution in [3.05, 3.63) is 19.9 Å². The van der Waals surface area contributed by atoms with E-state index in [0.717, 1.165) is 13.2 Å². The Bertz CT molecular complexity index is 451. The summed E-state index contributed by atoms with van der Waals surface area (Å²) in [6.45, 7) is 0. The fourth-order valence-corrected chi connectivity index (χ4v) is 1.47. The number of aromatic nitrogens is 1. The first-order valence-electron chi connectivity index (χ1n) is 3.89. The Morgan fingerprint density at radius 3 is 2.53 bits per heavy atom. The van der Waals surface area contributed by atoms with Crippen LogP contribution in [0.3, 0.4) is 0 Å². The van der Waals surface area contributed by atoms with Crippen molar-refractivity contribution >= 4 is 28.3 Å². The van der Waals surface area contributed by atoms with E-state index in [2.05, 4.69) is 14.5 Å². The third-order valence-electron chi connectivity index (χ3n) is 1.51. The van der Waals surface area contributed by atoms with Gasteiger partial charge in [-0.2, -0.15) is 0 Å². The van der Waals surface area contributed by atoms with E-state index in [9.17, 15) is 23.3 Å². The second-order valence-corrected chi connectivity index (χ2v) is 3.71. The Labute approximate surface area is 106 Å². The summed E-state index contributed by atoms with van der Waals surface area (Å²) in [4.78, 5) is 12.9. The van der Waals surface area contributed by atoms with Crippen LogP contribution in [-0.2, 0) is 0 Å². The number of hydrogen-bond donors (Lipinski definition) is 0. The van der Waals surface area contributed by atoms with Crippen LogP contribution in [0.4, 0.5) is 18.9 Å². The number of methoxy groups -OCH3 is 1. The van der Waals surface area contributed by atoms with Gasteiger partial charge in [-0.25, -0.2) is 4.98 Å². The van der Waals surface area contributed by atoms with E-state index in [1.807, 2.05) is 0 Å². The largest absolute Gasteiger partial charge is 0.574 e. The van der Waals surface area contributed by atoms with Gasteiger partial charge >= 0.3 is 17.9 Å². The highest BCUT2D eigenvalue weighted by Gasteiger charge is 2.37. The van der Waals surface area contributed by atoms with Crippen molar-refractivity contribution < 1.29 is 27.6 Å². The Hall–Kier alpha value is -1.33. The maximum absolute atomic E-state index is 12.0. The molecule has 0 atom stereocenters. The van der Waals surface area contributed by atoms with Crippen LogP contribution >= 0.6 is 22.6 Å². The van der Waals surface area contributed by atoms with E-state index in [1.54, 1.807) is 22.6 Å². The summed E-state index contributed by atoms with van der Waals surface area (Å²) in [5, 5.41) is 10.6. The summed E-state index contributed by atoms with van der Waals surface area (Å²) < 4.78 is 44.2. The lowest BCUT2D eigenvalue weighted by atomic mass is 10.4. The van der Waals surface area contributed by atoms with Crippen LogP contribution in [0.1, 0.15) is 0 Å². The summed E-state index contributed by atoms with van der Waals surface area (Å²) in [6.07, 6.45) is -5.06. The summed E-state index contributed by atoms with van der Waals surface area (Å²) in [5.74, 6) is -1.50. The Morgan fingerprint density at radius 1 is 1.53 bits per heavy atom. The Balaban J connectivity index is 3.35. The molecule has 1 aromatic rings. The maximum Gasteiger partial charge on any atom is 0.574 e. The van der Waals surface area contributed by atoms with Gasteiger partial charge in [0.25, 0.3) is 0 Å². The van der Waals surface area contributed by atoms with E-state index in [-0.39, 0.29) is 9.45 Å². The number of nitro groups is 1. The minimum absolute atomic E-state index is 0.0734. The number of halogens is 4. The van der Waals surface area contributed by atoms with Gasteiger partial charge in [0.1, 0.15) is 3.70 Å². The van der Waals surface area contributed by atoms with Gasteiger partial charge < -0.3 is 9.47 Å². The predicted octanol–water partition coefficient (Wildman–Crippen LogP) is 2.50. The van der Waals surface area contributed by atoms with Crippen molar-refractivity contribution in [2.75, 3.05) is 7.11 Å². The molecule has 0 radical (unpaired) electrons. The van der Waals surface area contributed by atoms with Gasteiger partial charge in [0, 0.05) is 6.07 Å². The van der Waals surface area contributed by atoms with E-state index in [4.69, 9.17) is 0 Å². The van der Waals surface area contributed by atoms with E-state index >= 15 is 0 Å². The van der Waals surface area contributed by atoms with Crippen LogP contribution in [0.25, 0.3) is 0 Å². The minimum atomic E-state index is -5.06. The molecule has 0 N–H and O–H groups in total. The van der Waals surface area contributed by atoms with E-state index in [1.165, 1.54) is 0 Å². The van der Waals surface area contributed by atoms with Gasteiger partial charge in [0.2, 0.25) is 5.75 Å². The summed E-state index contributed by atoms with van der Waals surface area (Å²) >= 11 is 1.58. The molecule has 0 unspecified atom stereocenters. The molecule has 0 aliphatic carbocycles. The first-order chi connectivity index (χ1) is 7.74. The molecule has 0 saturated heterocycles. The number of nitrogens with zero attached hydrogens (tertiary/aromatic N) is 2. The van der Waals surface area contributed by atoms with Crippen molar-refractivity contribution in [2.24, 2.45) is 0 Å². The van der Waals surface area contributed by atoms with Crippen molar-refractivity contribution in [1.29, 1.82) is 0 Å². The molecule has 0 amide bonds. The molecule has 6 nitrogen and oxygen atoms in total. The third kappa shape index (κ3) is 3.57. The maximum atomic E-state index is 12.0. The van der Waals surface area contributed by atoms with Crippen molar-refractivity contribution in [1.82, 2.24) is 4.98 Å². The highest BCUT2D eigenvalue weighted by Crippen LogP contribution is 2.38. The molecule has 0 saturated carbocycles. The van der Waals surface area contributed by atoms with Gasteiger partial charge in [-0.1, -0.05) is 0 Å². The number of rotatable bonds is 3. The first-order valence-corrected chi connectivity index (χ1v) is 4.97. The van der Waals surface area contributed by atoms with Gasteiger partial charge in [-0.15, -0.1) is 13.2 Å². The Kier molecular flexibility index (Phi) is 3.95. The molecule has 0 spiro atoms. The average molecular weight is 364 g/mol. The molecule has 0 aliphatic heterocycles. The Morgan fingerprint density at radius 2 is 2.12 bits per heavy atom. The lowest BCUT2D eigenvalue weighted by Crippen LogP contribution is -2.19. The normalized spacial score (nSPS) is 11.1. The first kappa shape index (κ1) is 13.7. The summed E-state index contributed by atoms with van der Waals surface area (Å²) in [6, 6.07) is 1.13. The summed E-state index contributed by atoms with van der Waals surface area (Å²) in [5.41, 5.74) is -0.967.